The van der Waals surface area contributed by atoms with Gasteiger partial charge in [-0.3, -0.25) is 0 Å². The van der Waals surface area contributed by atoms with Gasteiger partial charge in [-0.2, -0.15) is 4.31 Å². The largest absolute Gasteiger partial charge is 0.358 e. The van der Waals surface area contributed by atoms with Gasteiger partial charge in [0, 0.05) is 34.2 Å². The third-order valence-electron chi connectivity index (χ3n) is 5.26. The molecule has 0 saturated carbocycles. The molecule has 0 bridgehead atoms. The SMILES string of the molecule is Cc1[nH]c2ccccc2c1C1CCN(S(=O)(=O)c2ccc(Br)cc2)CC1. The van der Waals surface area contributed by atoms with E-state index in [1.54, 1.807) is 28.6 Å². The van der Waals surface area contributed by atoms with E-state index in [1.165, 1.54) is 16.6 Å². The number of hydrogen-bond acceptors (Lipinski definition) is 2. The highest BCUT2D eigenvalue weighted by molar-refractivity contribution is 9.10. The molecule has 26 heavy (non-hydrogen) atoms. The van der Waals surface area contributed by atoms with E-state index in [-0.39, 0.29) is 0 Å². The molecule has 0 unspecified atom stereocenters. The first-order valence-corrected chi connectivity index (χ1v) is 11.0. The van der Waals surface area contributed by atoms with Gasteiger partial charge in [0.1, 0.15) is 0 Å². The van der Waals surface area contributed by atoms with Crippen LogP contribution in [0.25, 0.3) is 10.9 Å². The fraction of sp³-hybridized carbons (Fsp3) is 0.300. The average molecular weight is 433 g/mol. The zero-order chi connectivity index (χ0) is 18.3. The molecule has 3 aromatic rings. The van der Waals surface area contributed by atoms with E-state index in [1.807, 2.05) is 6.07 Å². The molecule has 1 aliphatic rings. The van der Waals surface area contributed by atoms with Crippen molar-refractivity contribution < 1.29 is 8.42 Å². The minimum absolute atomic E-state index is 0.363. The normalized spacial score (nSPS) is 17.0. The molecule has 6 heteroatoms. The van der Waals surface area contributed by atoms with Crippen molar-refractivity contribution >= 4 is 36.9 Å². The van der Waals surface area contributed by atoms with Gasteiger partial charge in [-0.1, -0.05) is 34.1 Å². The standard InChI is InChI=1S/C20H21BrN2O2S/c1-14-20(18-4-2-3-5-19(18)22-14)15-10-12-23(13-11-15)26(24,25)17-8-6-16(21)7-9-17/h2-9,15,22H,10-13H2,1H3. The van der Waals surface area contributed by atoms with E-state index < -0.39 is 10.0 Å². The molecule has 136 valence electrons. The molecule has 4 nitrogen and oxygen atoms in total. The molecule has 1 fully saturated rings. The highest BCUT2D eigenvalue weighted by atomic mass is 79.9. The van der Waals surface area contributed by atoms with Gasteiger partial charge >= 0.3 is 0 Å². The van der Waals surface area contributed by atoms with Crippen LogP contribution in [0, 0.1) is 6.92 Å². The van der Waals surface area contributed by atoms with Gasteiger partial charge in [0.05, 0.1) is 4.90 Å². The summed E-state index contributed by atoms with van der Waals surface area (Å²) in [5, 5.41) is 1.26. The lowest BCUT2D eigenvalue weighted by Crippen LogP contribution is -2.37. The summed E-state index contributed by atoms with van der Waals surface area (Å²) in [6, 6.07) is 15.2. The number of aromatic amines is 1. The van der Waals surface area contributed by atoms with Gasteiger partial charge in [0.2, 0.25) is 10.0 Å². The topological polar surface area (TPSA) is 53.2 Å². The van der Waals surface area contributed by atoms with Crippen molar-refractivity contribution in [1.29, 1.82) is 0 Å². The number of para-hydroxylation sites is 1. The van der Waals surface area contributed by atoms with Crippen molar-refractivity contribution in [1.82, 2.24) is 9.29 Å². The summed E-state index contributed by atoms with van der Waals surface area (Å²) >= 11 is 3.35. The summed E-state index contributed by atoms with van der Waals surface area (Å²) in [6.45, 7) is 3.23. The third-order valence-corrected chi connectivity index (χ3v) is 7.70. The quantitative estimate of drug-likeness (QED) is 0.645. The zero-order valence-electron chi connectivity index (χ0n) is 14.6. The van der Waals surface area contributed by atoms with Crippen molar-refractivity contribution in [3.05, 3.63) is 64.3 Å². The van der Waals surface area contributed by atoms with Crippen molar-refractivity contribution in [3.63, 3.8) is 0 Å². The lowest BCUT2D eigenvalue weighted by molar-refractivity contribution is 0.320. The number of fused-ring (bicyclic) bond motifs is 1. The fourth-order valence-corrected chi connectivity index (χ4v) is 5.70. The molecule has 0 amide bonds. The summed E-state index contributed by atoms with van der Waals surface area (Å²) < 4.78 is 28.3. The highest BCUT2D eigenvalue weighted by Crippen LogP contribution is 2.36. The molecule has 0 spiro atoms. The summed E-state index contributed by atoms with van der Waals surface area (Å²) in [5.74, 6) is 0.391. The Bertz CT molecular complexity index is 1030. The van der Waals surface area contributed by atoms with Crippen LogP contribution in [0.3, 0.4) is 0 Å². The van der Waals surface area contributed by atoms with E-state index in [4.69, 9.17) is 0 Å². The predicted molar refractivity (Wildman–Crippen MR) is 108 cm³/mol. The molecule has 0 aliphatic carbocycles. The van der Waals surface area contributed by atoms with Crippen LogP contribution in [-0.4, -0.2) is 30.8 Å². The molecular formula is C20H21BrN2O2S. The van der Waals surface area contributed by atoms with Crippen molar-refractivity contribution in [3.8, 4) is 0 Å². The summed E-state index contributed by atoms with van der Waals surface area (Å²) in [7, 11) is -3.42. The summed E-state index contributed by atoms with van der Waals surface area (Å²) in [6.07, 6.45) is 1.69. The first-order valence-electron chi connectivity index (χ1n) is 8.80. The Morgan fingerprint density at radius 2 is 1.69 bits per heavy atom. The van der Waals surface area contributed by atoms with E-state index in [9.17, 15) is 8.42 Å². The Morgan fingerprint density at radius 1 is 1.04 bits per heavy atom. The molecule has 1 saturated heterocycles. The van der Waals surface area contributed by atoms with Crippen LogP contribution >= 0.6 is 15.9 Å². The molecule has 0 atom stereocenters. The van der Waals surface area contributed by atoms with Crippen molar-refractivity contribution in [2.75, 3.05) is 13.1 Å². The predicted octanol–water partition coefficient (Wildman–Crippen LogP) is 4.81. The molecule has 2 aromatic carbocycles. The van der Waals surface area contributed by atoms with Crippen LogP contribution < -0.4 is 0 Å². The number of aryl methyl sites for hydroxylation is 1. The number of piperidine rings is 1. The number of nitrogens with zero attached hydrogens (tertiary/aromatic N) is 1. The smallest absolute Gasteiger partial charge is 0.243 e. The number of rotatable bonds is 3. The van der Waals surface area contributed by atoms with E-state index >= 15 is 0 Å². The van der Waals surface area contributed by atoms with Crippen LogP contribution in [0.4, 0.5) is 0 Å². The fourth-order valence-electron chi connectivity index (χ4n) is 3.96. The first kappa shape index (κ1) is 17.8. The lowest BCUT2D eigenvalue weighted by Gasteiger charge is -2.31. The van der Waals surface area contributed by atoms with E-state index in [2.05, 4.69) is 46.0 Å². The Kier molecular flexibility index (Phi) is 4.67. The minimum Gasteiger partial charge on any atom is -0.358 e. The minimum atomic E-state index is -3.42. The number of aromatic nitrogens is 1. The lowest BCUT2D eigenvalue weighted by atomic mass is 9.88. The molecule has 2 heterocycles. The highest BCUT2D eigenvalue weighted by Gasteiger charge is 2.31. The van der Waals surface area contributed by atoms with E-state index in [0.29, 0.717) is 23.9 Å². The molecule has 1 aliphatic heterocycles. The third kappa shape index (κ3) is 3.10. The maximum atomic E-state index is 12.9. The molecule has 0 radical (unpaired) electrons. The number of hydrogen-bond donors (Lipinski definition) is 1. The average Bonchev–Trinajstić information content (AvgIpc) is 2.98. The Hall–Kier alpha value is -1.63. The molecular weight excluding hydrogens is 412 g/mol. The van der Waals surface area contributed by atoms with Gasteiger partial charge in [-0.25, -0.2) is 8.42 Å². The summed E-state index contributed by atoms with van der Waals surface area (Å²) in [5.41, 5.74) is 3.70. The first-order chi connectivity index (χ1) is 12.5. The maximum absolute atomic E-state index is 12.9. The number of nitrogens with one attached hydrogen (secondary N) is 1. The Labute approximate surface area is 162 Å². The molecule has 1 N–H and O–H groups in total. The van der Waals surface area contributed by atoms with Crippen LogP contribution in [0.5, 0.6) is 0 Å². The maximum Gasteiger partial charge on any atom is 0.243 e. The Balaban J connectivity index is 1.55. The number of sulfonamides is 1. The van der Waals surface area contributed by atoms with E-state index in [0.717, 1.165) is 22.8 Å². The number of H-pyrrole nitrogens is 1. The van der Waals surface area contributed by atoms with Gasteiger partial charge in [-0.05, 0) is 61.6 Å². The van der Waals surface area contributed by atoms with Gasteiger partial charge in [0.25, 0.3) is 0 Å². The second-order valence-electron chi connectivity index (χ2n) is 6.84. The number of benzene rings is 2. The van der Waals surface area contributed by atoms with Crippen LogP contribution in [-0.2, 0) is 10.0 Å². The van der Waals surface area contributed by atoms with Crippen molar-refractivity contribution in [2.24, 2.45) is 0 Å². The van der Waals surface area contributed by atoms with Gasteiger partial charge < -0.3 is 4.98 Å². The van der Waals surface area contributed by atoms with Crippen LogP contribution in [0.2, 0.25) is 0 Å². The second-order valence-corrected chi connectivity index (χ2v) is 9.70. The van der Waals surface area contributed by atoms with Gasteiger partial charge in [-0.15, -0.1) is 0 Å². The van der Waals surface area contributed by atoms with Crippen molar-refractivity contribution in [2.45, 2.75) is 30.6 Å². The second kappa shape index (κ2) is 6.83. The zero-order valence-corrected chi connectivity index (χ0v) is 17.0. The van der Waals surface area contributed by atoms with Crippen LogP contribution in [0.15, 0.2) is 57.9 Å². The summed E-state index contributed by atoms with van der Waals surface area (Å²) in [4.78, 5) is 3.82. The monoisotopic (exact) mass is 432 g/mol. The number of halogens is 1. The van der Waals surface area contributed by atoms with Gasteiger partial charge in [0.15, 0.2) is 0 Å². The van der Waals surface area contributed by atoms with Crippen LogP contribution in [0.1, 0.15) is 30.0 Å². The molecule has 4 rings (SSSR count). The Morgan fingerprint density at radius 3 is 2.38 bits per heavy atom. The molecule has 1 aromatic heterocycles.